The van der Waals surface area contributed by atoms with Crippen molar-refractivity contribution in [3.8, 4) is 0 Å². The van der Waals surface area contributed by atoms with Gasteiger partial charge in [-0.05, 0) is 57.8 Å². The van der Waals surface area contributed by atoms with Gasteiger partial charge in [-0.25, -0.2) is 0 Å². The van der Waals surface area contributed by atoms with E-state index in [1.54, 1.807) is 0 Å². The number of allylic oxidation sites excluding steroid dienone is 4. The van der Waals surface area contributed by atoms with Crippen LogP contribution >= 0.6 is 0 Å². The molecular formula is C49H93NO5. The average Bonchev–Trinajstić information content (AvgIpc) is 3.18. The highest BCUT2D eigenvalue weighted by Crippen LogP contribution is 2.18. The van der Waals surface area contributed by atoms with E-state index in [0.717, 1.165) is 64.2 Å². The van der Waals surface area contributed by atoms with Gasteiger partial charge in [0.25, 0.3) is 0 Å². The maximum Gasteiger partial charge on any atom is 0.306 e. The third kappa shape index (κ3) is 39.0. The fourth-order valence-corrected chi connectivity index (χ4v) is 7.34. The van der Waals surface area contributed by atoms with Crippen LogP contribution in [0.15, 0.2) is 24.3 Å². The Balaban J connectivity index is 4.49. The van der Waals surface area contributed by atoms with Crippen molar-refractivity contribution in [1.82, 2.24) is 5.32 Å². The summed E-state index contributed by atoms with van der Waals surface area (Å²) in [5, 5.41) is 23.6. The number of unbranched alkanes of at least 4 members (excludes halogenated alkanes) is 27. The van der Waals surface area contributed by atoms with E-state index < -0.39 is 18.2 Å². The second kappa shape index (κ2) is 43.5. The lowest BCUT2D eigenvalue weighted by Crippen LogP contribution is -2.46. The van der Waals surface area contributed by atoms with Crippen LogP contribution in [0.25, 0.3) is 0 Å². The van der Waals surface area contributed by atoms with E-state index in [1.165, 1.54) is 141 Å². The van der Waals surface area contributed by atoms with Gasteiger partial charge in [-0.15, -0.1) is 0 Å². The van der Waals surface area contributed by atoms with E-state index in [1.807, 2.05) is 0 Å². The second-order valence-electron chi connectivity index (χ2n) is 16.5. The highest BCUT2D eigenvalue weighted by Gasteiger charge is 2.24. The van der Waals surface area contributed by atoms with Crippen LogP contribution < -0.4 is 5.32 Å². The normalized spacial score (nSPS) is 13.5. The molecule has 55 heavy (non-hydrogen) atoms. The van der Waals surface area contributed by atoms with Gasteiger partial charge in [-0.2, -0.15) is 0 Å². The number of nitrogens with one attached hydrogen (secondary N) is 1. The zero-order valence-electron chi connectivity index (χ0n) is 36.8. The summed E-state index contributed by atoms with van der Waals surface area (Å²) in [4.78, 5) is 26.0. The molecule has 3 atom stereocenters. The topological polar surface area (TPSA) is 95.9 Å². The van der Waals surface area contributed by atoms with Crippen LogP contribution in [0.1, 0.15) is 252 Å². The third-order valence-corrected chi connectivity index (χ3v) is 11.0. The lowest BCUT2D eigenvalue weighted by atomic mass is 10.0. The summed E-state index contributed by atoms with van der Waals surface area (Å²) >= 11 is 0. The number of aliphatic hydroxyl groups excluding tert-OH is 2. The number of hydrogen-bond donors (Lipinski definition) is 3. The standard InChI is InChI=1S/C49H93NO5/c1-4-7-10-13-16-19-21-22-23-24-25-26-27-30-33-36-39-42-49(54)55-45(40-37-34-31-29-20-17-14-11-8-5-2)43-48(53)50-46(44-51)47(52)41-38-35-32-28-18-15-12-9-6-3/h16,19,22-23,45-47,51-52H,4-15,17-18,20-21,24-44H2,1-3H3,(H,50,53)/b19-16-,23-22-. The first-order valence-electron chi connectivity index (χ1n) is 24.1. The number of carbonyl (C=O) groups is 2. The van der Waals surface area contributed by atoms with Gasteiger partial charge < -0.3 is 20.3 Å². The van der Waals surface area contributed by atoms with Gasteiger partial charge in [0.05, 0.1) is 25.2 Å². The van der Waals surface area contributed by atoms with Gasteiger partial charge in [0.1, 0.15) is 6.10 Å². The molecule has 0 radical (unpaired) electrons. The van der Waals surface area contributed by atoms with Gasteiger partial charge in [0.2, 0.25) is 5.91 Å². The SMILES string of the molecule is CCCCC/C=C\C/C=C\CCCCCCCCCC(=O)OC(CCCCCCCCCCCC)CC(=O)NC(CO)C(O)CCCCCCCCCCC. The van der Waals surface area contributed by atoms with Crippen LogP contribution in [0.2, 0.25) is 0 Å². The Hall–Kier alpha value is -1.66. The maximum absolute atomic E-state index is 13.1. The molecule has 0 saturated heterocycles. The zero-order chi connectivity index (χ0) is 40.3. The molecule has 0 bridgehead atoms. The summed E-state index contributed by atoms with van der Waals surface area (Å²) in [5.74, 6) is -0.475. The van der Waals surface area contributed by atoms with Crippen LogP contribution in [0, 0.1) is 0 Å². The van der Waals surface area contributed by atoms with Crippen LogP contribution in [0.5, 0.6) is 0 Å². The van der Waals surface area contributed by atoms with E-state index in [9.17, 15) is 19.8 Å². The van der Waals surface area contributed by atoms with E-state index >= 15 is 0 Å². The highest BCUT2D eigenvalue weighted by molar-refractivity contribution is 5.77. The number of rotatable bonds is 43. The lowest BCUT2D eigenvalue weighted by molar-refractivity contribution is -0.151. The van der Waals surface area contributed by atoms with Crippen molar-refractivity contribution in [2.75, 3.05) is 6.61 Å². The van der Waals surface area contributed by atoms with Crippen molar-refractivity contribution >= 4 is 11.9 Å². The smallest absolute Gasteiger partial charge is 0.306 e. The molecule has 3 unspecified atom stereocenters. The molecule has 1 amide bonds. The van der Waals surface area contributed by atoms with E-state index in [0.29, 0.717) is 19.3 Å². The van der Waals surface area contributed by atoms with Crippen molar-refractivity contribution in [3.05, 3.63) is 24.3 Å². The molecule has 0 aliphatic carbocycles. The number of carbonyl (C=O) groups excluding carboxylic acids is 2. The minimum atomic E-state index is -0.782. The van der Waals surface area contributed by atoms with Crippen molar-refractivity contribution in [2.45, 2.75) is 270 Å². The number of aliphatic hydroxyl groups is 2. The predicted octanol–water partition coefficient (Wildman–Crippen LogP) is 14.0. The summed E-state index contributed by atoms with van der Waals surface area (Å²) in [6.45, 7) is 6.43. The van der Waals surface area contributed by atoms with Gasteiger partial charge in [0.15, 0.2) is 0 Å². The Morgan fingerprint density at radius 3 is 1.42 bits per heavy atom. The van der Waals surface area contributed by atoms with Crippen molar-refractivity contribution in [3.63, 3.8) is 0 Å². The van der Waals surface area contributed by atoms with Crippen molar-refractivity contribution < 1.29 is 24.5 Å². The molecule has 324 valence electrons. The second-order valence-corrected chi connectivity index (χ2v) is 16.5. The Morgan fingerprint density at radius 2 is 0.927 bits per heavy atom. The first-order chi connectivity index (χ1) is 27.0. The lowest BCUT2D eigenvalue weighted by Gasteiger charge is -2.24. The minimum absolute atomic E-state index is 0.0787. The highest BCUT2D eigenvalue weighted by atomic mass is 16.5. The molecule has 0 aromatic carbocycles. The monoisotopic (exact) mass is 776 g/mol. The van der Waals surface area contributed by atoms with Crippen LogP contribution in [0.4, 0.5) is 0 Å². The minimum Gasteiger partial charge on any atom is -0.462 e. The molecular weight excluding hydrogens is 683 g/mol. The summed E-state index contributed by atoms with van der Waals surface area (Å²) in [7, 11) is 0. The van der Waals surface area contributed by atoms with Gasteiger partial charge in [0, 0.05) is 6.42 Å². The van der Waals surface area contributed by atoms with Crippen molar-refractivity contribution in [2.24, 2.45) is 0 Å². The Morgan fingerprint density at radius 1 is 0.527 bits per heavy atom. The fraction of sp³-hybridized carbons (Fsp3) is 0.878. The molecule has 0 aromatic heterocycles. The molecule has 0 rings (SSSR count). The van der Waals surface area contributed by atoms with E-state index in [-0.39, 0.29) is 24.9 Å². The molecule has 0 heterocycles. The molecule has 6 nitrogen and oxygen atoms in total. The first-order valence-corrected chi connectivity index (χ1v) is 24.1. The van der Waals surface area contributed by atoms with Crippen LogP contribution in [0.3, 0.4) is 0 Å². The quantitative estimate of drug-likeness (QED) is 0.0326. The Bertz CT molecular complexity index is 873. The van der Waals surface area contributed by atoms with E-state index in [4.69, 9.17) is 4.74 Å². The van der Waals surface area contributed by atoms with Crippen LogP contribution in [-0.2, 0) is 14.3 Å². The van der Waals surface area contributed by atoms with Crippen LogP contribution in [-0.4, -0.2) is 46.9 Å². The van der Waals surface area contributed by atoms with Crippen molar-refractivity contribution in [1.29, 1.82) is 0 Å². The number of hydrogen-bond acceptors (Lipinski definition) is 5. The van der Waals surface area contributed by atoms with Gasteiger partial charge in [-0.3, -0.25) is 9.59 Å². The first kappa shape index (κ1) is 53.3. The Labute approximate surface area is 341 Å². The number of amides is 1. The molecule has 0 spiro atoms. The Kier molecular flexibility index (Phi) is 42.2. The summed E-state index contributed by atoms with van der Waals surface area (Å²) in [6.07, 6.45) is 48.1. The molecule has 6 heteroatoms. The zero-order valence-corrected chi connectivity index (χ0v) is 36.8. The molecule has 3 N–H and O–H groups in total. The maximum atomic E-state index is 13.1. The molecule has 0 fully saturated rings. The van der Waals surface area contributed by atoms with E-state index in [2.05, 4.69) is 50.4 Å². The summed E-state index contributed by atoms with van der Waals surface area (Å²) in [6, 6.07) is -0.695. The number of ether oxygens (including phenoxy) is 1. The molecule has 0 aromatic rings. The molecule has 0 aliphatic heterocycles. The number of esters is 1. The summed E-state index contributed by atoms with van der Waals surface area (Å²) in [5.41, 5.74) is 0. The average molecular weight is 776 g/mol. The predicted molar refractivity (Wildman–Crippen MR) is 236 cm³/mol. The third-order valence-electron chi connectivity index (χ3n) is 11.0. The fourth-order valence-electron chi connectivity index (χ4n) is 7.34. The largest absolute Gasteiger partial charge is 0.462 e. The summed E-state index contributed by atoms with van der Waals surface area (Å²) < 4.78 is 5.91. The van der Waals surface area contributed by atoms with Gasteiger partial charge in [-0.1, -0.05) is 206 Å². The molecule has 0 saturated carbocycles. The molecule has 0 aliphatic rings. The van der Waals surface area contributed by atoms with Gasteiger partial charge >= 0.3 is 5.97 Å².